The van der Waals surface area contributed by atoms with Crippen molar-refractivity contribution in [3.05, 3.63) is 69.6 Å². The minimum absolute atomic E-state index is 0.0677. The number of hydrogen-bond donors (Lipinski definition) is 0. The van der Waals surface area contributed by atoms with Crippen LogP contribution in [0, 0.1) is 17.8 Å². The van der Waals surface area contributed by atoms with Crippen LogP contribution in [0.15, 0.2) is 59.2 Å². The number of halogens is 1. The fourth-order valence-electron chi connectivity index (χ4n) is 3.71. The molecular weight excluding hydrogens is 357 g/mol. The van der Waals surface area contributed by atoms with E-state index in [1.807, 2.05) is 19.2 Å². The molecule has 0 fully saturated rings. The molecule has 0 amide bonds. The fraction of sp³-hybridized carbons (Fsp3) is 0.435. The van der Waals surface area contributed by atoms with Gasteiger partial charge in [-0.05, 0) is 48.4 Å². The van der Waals surface area contributed by atoms with Crippen LogP contribution < -0.4 is 4.87 Å². The molecule has 146 valence electrons. The van der Waals surface area contributed by atoms with Gasteiger partial charge < -0.3 is 4.57 Å². The van der Waals surface area contributed by atoms with Crippen molar-refractivity contribution >= 4 is 21.6 Å². The molecule has 0 bridgehead atoms. The third-order valence-electron chi connectivity index (χ3n) is 5.87. The van der Waals surface area contributed by atoms with E-state index in [0.29, 0.717) is 11.8 Å². The largest absolute Gasteiger partial charge is 0.307 e. The SMILES string of the molecule is C=C(F)C=CC(C)C(C)C(C)C(=CC)C(C)c1ccc2c(c1)sc(=O)n2C. The molecule has 0 spiro atoms. The van der Waals surface area contributed by atoms with E-state index >= 15 is 0 Å². The second-order valence-corrected chi connectivity index (χ2v) is 8.47. The minimum atomic E-state index is -0.406. The molecular formula is C23H30FNOS. The first-order valence-corrected chi connectivity index (χ1v) is 10.3. The van der Waals surface area contributed by atoms with E-state index in [0.717, 1.165) is 10.2 Å². The summed E-state index contributed by atoms with van der Waals surface area (Å²) in [5.41, 5.74) is 3.57. The van der Waals surface area contributed by atoms with Gasteiger partial charge in [0.1, 0.15) is 5.83 Å². The van der Waals surface area contributed by atoms with E-state index in [1.54, 1.807) is 4.57 Å². The zero-order valence-electron chi connectivity index (χ0n) is 17.1. The Balaban J connectivity index is 2.28. The first kappa shape index (κ1) is 21.4. The second kappa shape index (κ2) is 8.83. The number of benzene rings is 1. The third kappa shape index (κ3) is 4.67. The Morgan fingerprint density at radius 2 is 1.93 bits per heavy atom. The Labute approximate surface area is 165 Å². The van der Waals surface area contributed by atoms with Crippen LogP contribution in [0.4, 0.5) is 4.39 Å². The van der Waals surface area contributed by atoms with Crippen molar-refractivity contribution in [2.24, 2.45) is 24.8 Å². The van der Waals surface area contributed by atoms with Crippen molar-refractivity contribution in [1.82, 2.24) is 4.57 Å². The highest BCUT2D eigenvalue weighted by Gasteiger charge is 2.24. The number of fused-ring (bicyclic) bond motifs is 1. The van der Waals surface area contributed by atoms with Gasteiger partial charge in [-0.3, -0.25) is 4.79 Å². The van der Waals surface area contributed by atoms with Crippen LogP contribution in [-0.4, -0.2) is 4.57 Å². The monoisotopic (exact) mass is 387 g/mol. The molecule has 4 heteroatoms. The third-order valence-corrected chi connectivity index (χ3v) is 6.87. The summed E-state index contributed by atoms with van der Waals surface area (Å²) in [4.78, 5) is 12.0. The quantitative estimate of drug-likeness (QED) is 0.387. The first-order chi connectivity index (χ1) is 12.7. The highest BCUT2D eigenvalue weighted by atomic mass is 32.1. The summed E-state index contributed by atoms with van der Waals surface area (Å²) < 4.78 is 15.7. The second-order valence-electron chi connectivity index (χ2n) is 7.48. The zero-order valence-corrected chi connectivity index (χ0v) is 17.9. The van der Waals surface area contributed by atoms with Gasteiger partial charge in [-0.2, -0.15) is 0 Å². The molecule has 0 N–H and O–H groups in total. The summed E-state index contributed by atoms with van der Waals surface area (Å²) in [6, 6.07) is 6.30. The summed E-state index contributed by atoms with van der Waals surface area (Å²) in [6.07, 6.45) is 5.56. The number of aromatic nitrogens is 1. The molecule has 0 aliphatic rings. The predicted octanol–water partition coefficient (Wildman–Crippen LogP) is 6.60. The minimum Gasteiger partial charge on any atom is -0.302 e. The first-order valence-electron chi connectivity index (χ1n) is 9.45. The number of rotatable bonds is 7. The van der Waals surface area contributed by atoms with Crippen molar-refractivity contribution in [3.8, 4) is 0 Å². The Bertz CT molecular complexity index is 933. The molecule has 0 aliphatic carbocycles. The molecule has 2 rings (SSSR count). The lowest BCUT2D eigenvalue weighted by Gasteiger charge is -2.30. The Morgan fingerprint density at radius 1 is 1.26 bits per heavy atom. The van der Waals surface area contributed by atoms with Gasteiger partial charge in [-0.25, -0.2) is 4.39 Å². The Kier molecular flexibility index (Phi) is 6.99. The fourth-order valence-corrected chi connectivity index (χ4v) is 4.64. The average molecular weight is 388 g/mol. The van der Waals surface area contributed by atoms with Crippen LogP contribution in [0.1, 0.15) is 46.1 Å². The maximum absolute atomic E-state index is 12.9. The molecule has 0 radical (unpaired) electrons. The number of allylic oxidation sites excluding steroid dienone is 5. The smallest absolute Gasteiger partial charge is 0.302 e. The number of hydrogen-bond acceptors (Lipinski definition) is 2. The topological polar surface area (TPSA) is 22.0 Å². The molecule has 2 nitrogen and oxygen atoms in total. The summed E-state index contributed by atoms with van der Waals surface area (Å²) >= 11 is 1.29. The molecule has 4 unspecified atom stereocenters. The van der Waals surface area contributed by atoms with E-state index in [-0.39, 0.29) is 16.7 Å². The Hall–Kier alpha value is -1.94. The van der Waals surface area contributed by atoms with Gasteiger partial charge in [-0.1, -0.05) is 69.4 Å². The van der Waals surface area contributed by atoms with Gasteiger partial charge in [-0.15, -0.1) is 0 Å². The van der Waals surface area contributed by atoms with Crippen molar-refractivity contribution in [2.45, 2.75) is 40.5 Å². The molecule has 1 heterocycles. The standard InChI is InChI=1S/C23H30FNOS/c1-8-20(17(5)16(4)14(2)9-10-15(3)24)18(6)19-11-12-21-22(13-19)27-23(26)25(21)7/h8-14,16-18H,3H2,1-2,4-7H3. The molecule has 1 aromatic carbocycles. The van der Waals surface area contributed by atoms with Crippen molar-refractivity contribution in [2.75, 3.05) is 0 Å². The van der Waals surface area contributed by atoms with Gasteiger partial charge >= 0.3 is 4.87 Å². The zero-order chi connectivity index (χ0) is 20.3. The van der Waals surface area contributed by atoms with E-state index in [1.165, 1.54) is 28.5 Å². The highest BCUT2D eigenvalue weighted by molar-refractivity contribution is 7.16. The highest BCUT2D eigenvalue weighted by Crippen LogP contribution is 2.37. The maximum Gasteiger partial charge on any atom is 0.307 e. The van der Waals surface area contributed by atoms with Gasteiger partial charge in [0, 0.05) is 13.0 Å². The van der Waals surface area contributed by atoms with Crippen molar-refractivity contribution in [1.29, 1.82) is 0 Å². The van der Waals surface area contributed by atoms with Crippen LogP contribution in [0.3, 0.4) is 0 Å². The van der Waals surface area contributed by atoms with Crippen molar-refractivity contribution < 1.29 is 4.39 Å². The predicted molar refractivity (Wildman–Crippen MR) is 116 cm³/mol. The van der Waals surface area contributed by atoms with Crippen LogP contribution >= 0.6 is 11.3 Å². The van der Waals surface area contributed by atoms with E-state index in [2.05, 4.69) is 59.4 Å². The normalized spacial score (nSPS) is 17.2. The molecule has 4 atom stereocenters. The molecule has 0 saturated carbocycles. The lowest BCUT2D eigenvalue weighted by molar-refractivity contribution is 0.347. The van der Waals surface area contributed by atoms with Gasteiger partial charge in [0.05, 0.1) is 10.2 Å². The molecule has 0 saturated heterocycles. The van der Waals surface area contributed by atoms with Gasteiger partial charge in [0.2, 0.25) is 0 Å². The lowest BCUT2D eigenvalue weighted by atomic mass is 9.75. The van der Waals surface area contributed by atoms with Crippen LogP contribution in [0.2, 0.25) is 0 Å². The summed E-state index contributed by atoms with van der Waals surface area (Å²) in [5.74, 6) is 0.813. The number of aryl methyl sites for hydroxylation is 1. The maximum atomic E-state index is 12.9. The van der Waals surface area contributed by atoms with Gasteiger partial charge in [0.15, 0.2) is 0 Å². The van der Waals surface area contributed by atoms with E-state index < -0.39 is 5.83 Å². The van der Waals surface area contributed by atoms with Crippen LogP contribution in [0.5, 0.6) is 0 Å². The van der Waals surface area contributed by atoms with E-state index in [9.17, 15) is 9.18 Å². The molecule has 2 aromatic rings. The summed E-state index contributed by atoms with van der Waals surface area (Å²) in [6.45, 7) is 14.2. The molecule has 0 aliphatic heterocycles. The number of nitrogens with zero attached hydrogens (tertiary/aromatic N) is 1. The van der Waals surface area contributed by atoms with Gasteiger partial charge in [0.25, 0.3) is 0 Å². The summed E-state index contributed by atoms with van der Waals surface area (Å²) in [7, 11) is 1.81. The van der Waals surface area contributed by atoms with Crippen LogP contribution in [0.25, 0.3) is 10.2 Å². The Morgan fingerprint density at radius 3 is 2.52 bits per heavy atom. The average Bonchev–Trinajstić information content (AvgIpc) is 2.92. The molecule has 27 heavy (non-hydrogen) atoms. The van der Waals surface area contributed by atoms with Crippen LogP contribution in [-0.2, 0) is 7.05 Å². The van der Waals surface area contributed by atoms with Crippen molar-refractivity contribution in [3.63, 3.8) is 0 Å². The van der Waals surface area contributed by atoms with E-state index in [4.69, 9.17) is 0 Å². The summed E-state index contributed by atoms with van der Waals surface area (Å²) in [5, 5.41) is 0. The lowest BCUT2D eigenvalue weighted by Crippen LogP contribution is -2.20. The molecule has 1 aromatic heterocycles. The number of thiazole rings is 1.